The van der Waals surface area contributed by atoms with Crippen molar-refractivity contribution in [3.63, 3.8) is 0 Å². The predicted molar refractivity (Wildman–Crippen MR) is 116 cm³/mol. The van der Waals surface area contributed by atoms with E-state index in [4.69, 9.17) is 11.6 Å². The smallest absolute Gasteiger partial charge is 0.251 e. The fourth-order valence-corrected chi connectivity index (χ4v) is 4.18. The highest BCUT2D eigenvalue weighted by molar-refractivity contribution is 6.31. The molecule has 2 heterocycles. The molecule has 1 N–H and O–H groups in total. The van der Waals surface area contributed by atoms with E-state index in [9.17, 15) is 4.79 Å². The number of nitrogens with zero attached hydrogens (tertiary/aromatic N) is 3. The zero-order valence-corrected chi connectivity index (χ0v) is 17.3. The first-order chi connectivity index (χ1) is 14.1. The van der Waals surface area contributed by atoms with Gasteiger partial charge in [-0.25, -0.2) is 4.68 Å². The van der Waals surface area contributed by atoms with Crippen LogP contribution in [0.25, 0.3) is 5.69 Å². The Morgan fingerprint density at radius 1 is 1.10 bits per heavy atom. The summed E-state index contributed by atoms with van der Waals surface area (Å²) >= 11 is 6.46. The average molecular weight is 409 g/mol. The lowest BCUT2D eigenvalue weighted by Crippen LogP contribution is -2.37. The quantitative estimate of drug-likeness (QED) is 0.657. The molecular formula is C23H25ClN4O. The fourth-order valence-electron chi connectivity index (χ4n) is 3.92. The van der Waals surface area contributed by atoms with Crippen LogP contribution in [0.5, 0.6) is 0 Å². The van der Waals surface area contributed by atoms with E-state index in [0.717, 1.165) is 35.1 Å². The van der Waals surface area contributed by atoms with Gasteiger partial charge >= 0.3 is 0 Å². The molecule has 1 unspecified atom stereocenters. The summed E-state index contributed by atoms with van der Waals surface area (Å²) in [5.74, 6) is -0.0787. The van der Waals surface area contributed by atoms with Gasteiger partial charge in [0.2, 0.25) is 0 Å². The topological polar surface area (TPSA) is 50.2 Å². The minimum absolute atomic E-state index is 0.0787. The van der Waals surface area contributed by atoms with E-state index in [2.05, 4.69) is 21.4 Å². The van der Waals surface area contributed by atoms with Crippen molar-refractivity contribution in [3.8, 4) is 5.69 Å². The van der Waals surface area contributed by atoms with Crippen LogP contribution in [-0.4, -0.2) is 40.2 Å². The van der Waals surface area contributed by atoms with Crippen molar-refractivity contribution in [2.45, 2.75) is 25.8 Å². The van der Waals surface area contributed by atoms with Crippen LogP contribution < -0.4 is 5.32 Å². The summed E-state index contributed by atoms with van der Waals surface area (Å²) in [5.41, 5.74) is 3.70. The Balaban J connectivity index is 1.46. The summed E-state index contributed by atoms with van der Waals surface area (Å²) in [6.07, 6.45) is 4.13. The summed E-state index contributed by atoms with van der Waals surface area (Å²) in [5, 5.41) is 8.16. The second kappa shape index (κ2) is 8.80. The van der Waals surface area contributed by atoms with Gasteiger partial charge in [0.1, 0.15) is 0 Å². The Kier molecular flexibility index (Phi) is 5.97. The maximum Gasteiger partial charge on any atom is 0.251 e. The molecule has 2 aromatic carbocycles. The van der Waals surface area contributed by atoms with Crippen molar-refractivity contribution in [3.05, 3.63) is 82.6 Å². The molecule has 1 amide bonds. The van der Waals surface area contributed by atoms with E-state index in [-0.39, 0.29) is 11.9 Å². The fraction of sp³-hybridized carbons (Fsp3) is 0.304. The maximum absolute atomic E-state index is 12.8. The van der Waals surface area contributed by atoms with Gasteiger partial charge in [0.05, 0.1) is 11.7 Å². The van der Waals surface area contributed by atoms with Gasteiger partial charge in [0.25, 0.3) is 5.91 Å². The minimum atomic E-state index is -0.0787. The molecule has 6 heteroatoms. The molecule has 0 radical (unpaired) electrons. The number of carbonyl (C=O) groups excluding carboxylic acids is 1. The first kappa shape index (κ1) is 19.7. The zero-order chi connectivity index (χ0) is 20.2. The molecule has 0 aliphatic carbocycles. The number of halogens is 1. The Morgan fingerprint density at radius 2 is 1.83 bits per heavy atom. The van der Waals surface area contributed by atoms with Crippen molar-refractivity contribution < 1.29 is 4.79 Å². The van der Waals surface area contributed by atoms with Crippen LogP contribution >= 0.6 is 11.6 Å². The molecule has 5 nitrogen and oxygen atoms in total. The van der Waals surface area contributed by atoms with Gasteiger partial charge in [-0.15, -0.1) is 0 Å². The van der Waals surface area contributed by atoms with E-state index in [1.165, 1.54) is 12.8 Å². The van der Waals surface area contributed by atoms with Crippen LogP contribution in [0, 0.1) is 6.92 Å². The number of amides is 1. The van der Waals surface area contributed by atoms with Crippen LogP contribution in [0.15, 0.2) is 60.8 Å². The van der Waals surface area contributed by atoms with E-state index in [1.54, 1.807) is 6.20 Å². The van der Waals surface area contributed by atoms with Gasteiger partial charge in [-0.1, -0.05) is 29.8 Å². The number of nitrogens with one attached hydrogen (secondary N) is 1. The monoisotopic (exact) mass is 408 g/mol. The molecule has 0 saturated carbocycles. The highest BCUT2D eigenvalue weighted by atomic mass is 35.5. The maximum atomic E-state index is 12.8. The van der Waals surface area contributed by atoms with Crippen LogP contribution in [-0.2, 0) is 0 Å². The highest BCUT2D eigenvalue weighted by Crippen LogP contribution is 2.29. The third-order valence-electron chi connectivity index (χ3n) is 5.51. The number of aromatic nitrogens is 2. The molecule has 3 aromatic rings. The highest BCUT2D eigenvalue weighted by Gasteiger charge is 2.25. The number of hydrogen-bond acceptors (Lipinski definition) is 3. The van der Waals surface area contributed by atoms with Gasteiger partial charge in [-0.05, 0) is 74.8 Å². The van der Waals surface area contributed by atoms with Crippen molar-refractivity contribution >= 4 is 17.5 Å². The molecular weight excluding hydrogens is 384 g/mol. The molecule has 0 spiro atoms. The molecule has 0 bridgehead atoms. The first-order valence-electron chi connectivity index (χ1n) is 10.0. The van der Waals surface area contributed by atoms with Gasteiger partial charge < -0.3 is 5.32 Å². The van der Waals surface area contributed by atoms with Crippen LogP contribution in [0.4, 0.5) is 0 Å². The van der Waals surface area contributed by atoms with E-state index >= 15 is 0 Å². The SMILES string of the molecule is Cc1ccnn1-c1ccc(C(=O)NCC(c2ccccc2Cl)N2CCCC2)cc1. The molecule has 1 fully saturated rings. The number of carbonyl (C=O) groups is 1. The molecule has 1 atom stereocenters. The summed E-state index contributed by atoms with van der Waals surface area (Å²) in [6, 6.07) is 17.5. The number of aryl methyl sites for hydroxylation is 1. The number of likely N-dealkylation sites (tertiary alicyclic amines) is 1. The third-order valence-corrected chi connectivity index (χ3v) is 5.85. The Morgan fingerprint density at radius 3 is 2.48 bits per heavy atom. The number of hydrogen-bond donors (Lipinski definition) is 1. The molecule has 1 aliphatic heterocycles. The molecule has 29 heavy (non-hydrogen) atoms. The van der Waals surface area contributed by atoms with Crippen molar-refractivity contribution in [1.82, 2.24) is 20.0 Å². The molecule has 150 valence electrons. The van der Waals surface area contributed by atoms with E-state index in [0.29, 0.717) is 12.1 Å². The minimum Gasteiger partial charge on any atom is -0.350 e. The Labute approximate surface area is 176 Å². The zero-order valence-electron chi connectivity index (χ0n) is 16.5. The van der Waals surface area contributed by atoms with Gasteiger partial charge in [0.15, 0.2) is 0 Å². The van der Waals surface area contributed by atoms with Crippen LogP contribution in [0.1, 0.15) is 40.5 Å². The molecule has 4 rings (SSSR count). The second-order valence-corrected chi connectivity index (χ2v) is 7.83. The van der Waals surface area contributed by atoms with Crippen molar-refractivity contribution in [2.75, 3.05) is 19.6 Å². The third kappa shape index (κ3) is 4.36. The lowest BCUT2D eigenvalue weighted by molar-refractivity contribution is 0.0938. The first-order valence-corrected chi connectivity index (χ1v) is 10.4. The summed E-state index contributed by atoms with van der Waals surface area (Å²) in [6.45, 7) is 4.59. The number of rotatable bonds is 6. The van der Waals surface area contributed by atoms with Gasteiger partial charge in [0, 0.05) is 29.0 Å². The number of benzene rings is 2. The Bertz CT molecular complexity index is 977. The largest absolute Gasteiger partial charge is 0.350 e. The lowest BCUT2D eigenvalue weighted by atomic mass is 10.0. The van der Waals surface area contributed by atoms with Crippen molar-refractivity contribution in [2.24, 2.45) is 0 Å². The summed E-state index contributed by atoms with van der Waals surface area (Å²) in [4.78, 5) is 15.2. The van der Waals surface area contributed by atoms with Crippen LogP contribution in [0.2, 0.25) is 5.02 Å². The van der Waals surface area contributed by atoms with Crippen LogP contribution in [0.3, 0.4) is 0 Å². The summed E-state index contributed by atoms with van der Waals surface area (Å²) < 4.78 is 1.85. The normalized spacial score (nSPS) is 15.4. The lowest BCUT2D eigenvalue weighted by Gasteiger charge is -2.29. The second-order valence-electron chi connectivity index (χ2n) is 7.42. The van der Waals surface area contributed by atoms with E-state index < -0.39 is 0 Å². The standard InChI is InChI=1S/C23H25ClN4O/c1-17-12-13-26-28(17)19-10-8-18(9-11-19)23(29)25-16-22(27-14-4-5-15-27)20-6-2-3-7-21(20)24/h2-3,6-13,22H,4-5,14-16H2,1H3,(H,25,29). The molecule has 1 aliphatic rings. The van der Waals surface area contributed by atoms with E-state index in [1.807, 2.05) is 60.1 Å². The predicted octanol–water partition coefficient (Wildman–Crippen LogP) is 4.40. The summed E-state index contributed by atoms with van der Waals surface area (Å²) in [7, 11) is 0. The Hall–Kier alpha value is -2.63. The molecule has 1 saturated heterocycles. The van der Waals surface area contributed by atoms with Gasteiger partial charge in [-0.2, -0.15) is 5.10 Å². The average Bonchev–Trinajstić information content (AvgIpc) is 3.41. The molecule has 1 aromatic heterocycles. The van der Waals surface area contributed by atoms with Gasteiger partial charge in [-0.3, -0.25) is 9.69 Å². The van der Waals surface area contributed by atoms with Crippen molar-refractivity contribution in [1.29, 1.82) is 0 Å².